The van der Waals surface area contributed by atoms with Gasteiger partial charge in [0.1, 0.15) is 5.69 Å². The molecule has 0 bridgehead atoms. The monoisotopic (exact) mass is 321 g/mol. The second-order valence-corrected chi connectivity index (χ2v) is 5.67. The van der Waals surface area contributed by atoms with Crippen LogP contribution in [0.15, 0.2) is 48.9 Å². The van der Waals surface area contributed by atoms with Crippen LogP contribution in [0.2, 0.25) is 0 Å². The largest absolute Gasteiger partial charge is 0.344 e. The lowest BCUT2D eigenvalue weighted by Crippen LogP contribution is -2.27. The normalized spacial score (nSPS) is 12.0. The quantitative estimate of drug-likeness (QED) is 0.802. The summed E-state index contributed by atoms with van der Waals surface area (Å²) in [6.07, 6.45) is 4.85. The molecule has 0 saturated carbocycles. The molecule has 0 aliphatic carbocycles. The van der Waals surface area contributed by atoms with Gasteiger partial charge < -0.3 is 5.32 Å². The highest BCUT2D eigenvalue weighted by molar-refractivity contribution is 5.92. The van der Waals surface area contributed by atoms with Crippen LogP contribution >= 0.6 is 0 Å². The van der Waals surface area contributed by atoms with Crippen molar-refractivity contribution in [2.75, 3.05) is 0 Å². The van der Waals surface area contributed by atoms with Crippen LogP contribution in [0, 0.1) is 13.8 Å². The minimum atomic E-state index is -0.248. The molecule has 6 nitrogen and oxygen atoms in total. The number of carbonyl (C=O) groups excluding carboxylic acids is 1. The molecular formula is C18H19N5O. The van der Waals surface area contributed by atoms with E-state index in [0.29, 0.717) is 5.69 Å². The Morgan fingerprint density at radius 3 is 2.50 bits per heavy atom. The molecule has 0 aliphatic rings. The Hall–Kier alpha value is -3.02. The maximum Gasteiger partial charge on any atom is 0.271 e. The van der Waals surface area contributed by atoms with Crippen molar-refractivity contribution in [1.29, 1.82) is 0 Å². The molecule has 2 aromatic heterocycles. The molecule has 1 N–H and O–H groups in total. The van der Waals surface area contributed by atoms with Gasteiger partial charge in [-0.15, -0.1) is 0 Å². The standard InChI is InChI=1S/C18H19N5O/c1-12-9-20-17(11-19-12)18(24)22-13(2)16-10-21-23(14(16)3)15-7-5-4-6-8-15/h4-11,13H,1-3H3,(H,22,24)/t13-/m0/s1. The van der Waals surface area contributed by atoms with E-state index in [0.717, 1.165) is 22.6 Å². The molecule has 0 unspecified atom stereocenters. The summed E-state index contributed by atoms with van der Waals surface area (Å²) in [6, 6.07) is 9.71. The molecule has 2 heterocycles. The molecule has 0 aliphatic heterocycles. The Kier molecular flexibility index (Phi) is 4.37. The number of amides is 1. The molecule has 1 aromatic carbocycles. The SMILES string of the molecule is Cc1cnc(C(=O)N[C@@H](C)c2cnn(-c3ccccc3)c2C)cn1. The number of aryl methyl sites for hydroxylation is 1. The smallest absolute Gasteiger partial charge is 0.271 e. The lowest BCUT2D eigenvalue weighted by Gasteiger charge is -2.14. The van der Waals surface area contributed by atoms with Crippen LogP contribution in [0.5, 0.6) is 0 Å². The summed E-state index contributed by atoms with van der Waals surface area (Å²) in [6.45, 7) is 5.75. The molecule has 0 radical (unpaired) electrons. The van der Waals surface area contributed by atoms with Crippen LogP contribution in [0.1, 0.15) is 40.4 Å². The fourth-order valence-corrected chi connectivity index (χ4v) is 2.54. The highest BCUT2D eigenvalue weighted by Crippen LogP contribution is 2.20. The van der Waals surface area contributed by atoms with Crippen molar-refractivity contribution in [3.05, 3.63) is 71.6 Å². The first kappa shape index (κ1) is 15.9. The maximum absolute atomic E-state index is 12.3. The fraction of sp³-hybridized carbons (Fsp3) is 0.222. The van der Waals surface area contributed by atoms with E-state index in [1.165, 1.54) is 6.20 Å². The zero-order valence-corrected chi connectivity index (χ0v) is 13.9. The van der Waals surface area contributed by atoms with E-state index in [-0.39, 0.29) is 11.9 Å². The van der Waals surface area contributed by atoms with E-state index in [2.05, 4.69) is 20.4 Å². The second kappa shape index (κ2) is 6.62. The number of rotatable bonds is 4. The van der Waals surface area contributed by atoms with Crippen molar-refractivity contribution in [1.82, 2.24) is 25.1 Å². The molecule has 3 aromatic rings. The Balaban J connectivity index is 1.78. The summed E-state index contributed by atoms with van der Waals surface area (Å²) in [5.41, 5.74) is 4.03. The maximum atomic E-state index is 12.3. The van der Waals surface area contributed by atoms with Crippen LogP contribution in [0.4, 0.5) is 0 Å². The van der Waals surface area contributed by atoms with Crippen molar-refractivity contribution in [3.8, 4) is 5.69 Å². The van der Waals surface area contributed by atoms with Crippen molar-refractivity contribution in [2.45, 2.75) is 26.8 Å². The predicted molar refractivity (Wildman–Crippen MR) is 91.0 cm³/mol. The van der Waals surface area contributed by atoms with Gasteiger partial charge in [0.25, 0.3) is 5.91 Å². The van der Waals surface area contributed by atoms with E-state index in [1.54, 1.807) is 12.4 Å². The number of nitrogens with one attached hydrogen (secondary N) is 1. The third-order valence-corrected chi connectivity index (χ3v) is 3.88. The Morgan fingerprint density at radius 2 is 1.83 bits per heavy atom. The lowest BCUT2D eigenvalue weighted by atomic mass is 10.1. The van der Waals surface area contributed by atoms with Gasteiger partial charge in [0.2, 0.25) is 0 Å². The minimum absolute atomic E-state index is 0.182. The van der Waals surface area contributed by atoms with Crippen molar-refractivity contribution >= 4 is 5.91 Å². The molecular weight excluding hydrogens is 302 g/mol. The van der Waals surface area contributed by atoms with Gasteiger partial charge in [0.15, 0.2) is 0 Å². The zero-order valence-electron chi connectivity index (χ0n) is 13.9. The molecule has 24 heavy (non-hydrogen) atoms. The number of nitrogens with zero attached hydrogens (tertiary/aromatic N) is 4. The van der Waals surface area contributed by atoms with E-state index >= 15 is 0 Å². The molecule has 3 rings (SSSR count). The third kappa shape index (κ3) is 3.17. The highest BCUT2D eigenvalue weighted by Gasteiger charge is 2.17. The summed E-state index contributed by atoms with van der Waals surface area (Å²) in [5, 5.41) is 7.38. The van der Waals surface area contributed by atoms with Crippen LogP contribution < -0.4 is 5.32 Å². The second-order valence-electron chi connectivity index (χ2n) is 5.67. The topological polar surface area (TPSA) is 72.7 Å². The van der Waals surface area contributed by atoms with Crippen LogP contribution in [0.3, 0.4) is 0 Å². The van der Waals surface area contributed by atoms with Gasteiger partial charge in [-0.05, 0) is 32.9 Å². The van der Waals surface area contributed by atoms with Crippen LogP contribution in [-0.4, -0.2) is 25.7 Å². The average Bonchev–Trinajstić information content (AvgIpc) is 2.98. The Labute approximate surface area is 140 Å². The Morgan fingerprint density at radius 1 is 1.08 bits per heavy atom. The summed E-state index contributed by atoms with van der Waals surface area (Å²) in [5.74, 6) is -0.248. The number of carbonyl (C=O) groups is 1. The number of aromatic nitrogens is 4. The van der Waals surface area contributed by atoms with E-state index in [1.807, 2.05) is 55.8 Å². The number of para-hydroxylation sites is 1. The van der Waals surface area contributed by atoms with Gasteiger partial charge in [-0.2, -0.15) is 5.10 Å². The molecule has 0 saturated heterocycles. The first-order valence-electron chi connectivity index (χ1n) is 7.75. The van der Waals surface area contributed by atoms with Gasteiger partial charge in [-0.25, -0.2) is 9.67 Å². The average molecular weight is 321 g/mol. The number of hydrogen-bond acceptors (Lipinski definition) is 4. The van der Waals surface area contributed by atoms with Gasteiger partial charge in [-0.3, -0.25) is 9.78 Å². The van der Waals surface area contributed by atoms with Gasteiger partial charge >= 0.3 is 0 Å². The van der Waals surface area contributed by atoms with Crippen molar-refractivity contribution < 1.29 is 4.79 Å². The third-order valence-electron chi connectivity index (χ3n) is 3.88. The summed E-state index contributed by atoms with van der Waals surface area (Å²) < 4.78 is 1.86. The first-order valence-corrected chi connectivity index (χ1v) is 7.75. The van der Waals surface area contributed by atoms with Crippen LogP contribution in [0.25, 0.3) is 5.69 Å². The van der Waals surface area contributed by atoms with Gasteiger partial charge in [0.05, 0.1) is 29.8 Å². The van der Waals surface area contributed by atoms with Gasteiger partial charge in [0, 0.05) is 17.5 Å². The molecule has 1 atom stereocenters. The molecule has 0 spiro atoms. The van der Waals surface area contributed by atoms with E-state index in [9.17, 15) is 4.79 Å². The molecule has 1 amide bonds. The lowest BCUT2D eigenvalue weighted by molar-refractivity contribution is 0.0934. The highest BCUT2D eigenvalue weighted by atomic mass is 16.1. The summed E-state index contributed by atoms with van der Waals surface area (Å²) >= 11 is 0. The molecule has 0 fully saturated rings. The first-order chi connectivity index (χ1) is 11.6. The van der Waals surface area contributed by atoms with E-state index < -0.39 is 0 Å². The molecule has 122 valence electrons. The number of benzene rings is 1. The summed E-state index contributed by atoms with van der Waals surface area (Å²) in [7, 11) is 0. The van der Waals surface area contributed by atoms with Crippen LogP contribution in [-0.2, 0) is 0 Å². The number of hydrogen-bond donors (Lipinski definition) is 1. The molecule has 6 heteroatoms. The van der Waals surface area contributed by atoms with E-state index in [4.69, 9.17) is 0 Å². The minimum Gasteiger partial charge on any atom is -0.344 e. The van der Waals surface area contributed by atoms with Crippen molar-refractivity contribution in [2.24, 2.45) is 0 Å². The van der Waals surface area contributed by atoms with Crippen molar-refractivity contribution in [3.63, 3.8) is 0 Å². The zero-order chi connectivity index (χ0) is 17.1. The Bertz CT molecular complexity index is 840. The van der Waals surface area contributed by atoms with Gasteiger partial charge in [-0.1, -0.05) is 18.2 Å². The summed E-state index contributed by atoms with van der Waals surface area (Å²) in [4.78, 5) is 20.5. The fourth-order valence-electron chi connectivity index (χ4n) is 2.54. The predicted octanol–water partition coefficient (Wildman–Crippen LogP) is 2.77.